The number of esters is 1. The maximum absolute atomic E-state index is 12.7. The first-order valence-electron chi connectivity index (χ1n) is 8.16. The van der Waals surface area contributed by atoms with E-state index < -0.39 is 12.1 Å². The molecule has 5 heteroatoms. The predicted molar refractivity (Wildman–Crippen MR) is 95.2 cm³/mol. The molecule has 0 aliphatic rings. The highest BCUT2D eigenvalue weighted by atomic mass is 16.5. The number of nitrogens with zero attached hydrogens (tertiary/aromatic N) is 3. The maximum Gasteiger partial charge on any atom is 0.342 e. The number of hydrogen-bond donors (Lipinski definition) is 0. The summed E-state index contributed by atoms with van der Waals surface area (Å²) in [6.45, 7) is 6.08. The van der Waals surface area contributed by atoms with Gasteiger partial charge in [0.2, 0.25) is 0 Å². The van der Waals surface area contributed by atoms with Gasteiger partial charge in [-0.25, -0.2) is 4.79 Å². The molecule has 2 heterocycles. The second-order valence-corrected chi connectivity index (χ2v) is 6.82. The largest absolute Gasteiger partial charge is 0.449 e. The van der Waals surface area contributed by atoms with E-state index in [1.54, 1.807) is 29.5 Å². The molecule has 2 aromatic heterocycles. The minimum absolute atomic E-state index is 0.192. The minimum atomic E-state index is -0.491. The Morgan fingerprint density at radius 3 is 2.28 bits per heavy atom. The summed E-state index contributed by atoms with van der Waals surface area (Å²) in [6, 6.07) is 13.4. The van der Waals surface area contributed by atoms with Crippen molar-refractivity contribution in [3.05, 3.63) is 83.9 Å². The third-order valence-corrected chi connectivity index (χ3v) is 3.84. The van der Waals surface area contributed by atoms with Gasteiger partial charge in [0.1, 0.15) is 0 Å². The van der Waals surface area contributed by atoms with Crippen LogP contribution in [-0.2, 0) is 10.3 Å². The average Bonchev–Trinajstić information content (AvgIpc) is 3.12. The molecule has 3 aromatic rings. The number of benzene rings is 1. The molecule has 0 N–H and O–H groups in total. The highest BCUT2D eigenvalue weighted by Crippen LogP contribution is 2.27. The fourth-order valence-corrected chi connectivity index (χ4v) is 2.46. The quantitative estimate of drug-likeness (QED) is 0.677. The van der Waals surface area contributed by atoms with Gasteiger partial charge in [0.05, 0.1) is 17.3 Å². The molecule has 0 amide bonds. The molecule has 3 rings (SSSR count). The van der Waals surface area contributed by atoms with E-state index in [1.165, 1.54) is 0 Å². The number of ether oxygens (including phenoxy) is 1. The van der Waals surface area contributed by atoms with Gasteiger partial charge in [0.25, 0.3) is 0 Å². The maximum atomic E-state index is 12.7. The summed E-state index contributed by atoms with van der Waals surface area (Å²) in [5.41, 5.74) is 2.02. The van der Waals surface area contributed by atoms with Gasteiger partial charge in [-0.15, -0.1) is 0 Å². The van der Waals surface area contributed by atoms with Crippen molar-refractivity contribution >= 4 is 5.97 Å². The Bertz CT molecular complexity index is 797. The van der Waals surface area contributed by atoms with Gasteiger partial charge in [0, 0.05) is 24.2 Å². The molecule has 0 bridgehead atoms. The van der Waals surface area contributed by atoms with Crippen LogP contribution in [0.4, 0.5) is 0 Å². The van der Waals surface area contributed by atoms with Crippen LogP contribution in [0.2, 0.25) is 0 Å². The Labute approximate surface area is 147 Å². The molecule has 5 nitrogen and oxygen atoms in total. The van der Waals surface area contributed by atoms with Crippen molar-refractivity contribution in [3.8, 4) is 0 Å². The van der Waals surface area contributed by atoms with E-state index in [0.717, 1.165) is 11.1 Å². The molecular weight excluding hydrogens is 314 g/mol. The highest BCUT2D eigenvalue weighted by molar-refractivity contribution is 5.89. The average molecular weight is 335 g/mol. The van der Waals surface area contributed by atoms with Gasteiger partial charge in [-0.05, 0) is 38.5 Å². The number of carbonyl (C=O) groups excluding carboxylic acids is 1. The smallest absolute Gasteiger partial charge is 0.342 e. The molecule has 0 aliphatic heterocycles. The van der Waals surface area contributed by atoms with Crippen molar-refractivity contribution in [2.75, 3.05) is 0 Å². The van der Waals surface area contributed by atoms with Crippen molar-refractivity contribution in [1.29, 1.82) is 0 Å². The van der Waals surface area contributed by atoms with Crippen molar-refractivity contribution in [1.82, 2.24) is 14.8 Å². The van der Waals surface area contributed by atoms with Crippen LogP contribution in [0.5, 0.6) is 0 Å². The zero-order valence-corrected chi connectivity index (χ0v) is 14.6. The zero-order chi connectivity index (χ0) is 17.9. The molecule has 128 valence electrons. The van der Waals surface area contributed by atoms with Crippen LogP contribution in [0.3, 0.4) is 0 Å². The summed E-state index contributed by atoms with van der Waals surface area (Å²) in [6.07, 6.45) is 6.15. The predicted octanol–water partition coefficient (Wildman–Crippen LogP) is 3.98. The van der Waals surface area contributed by atoms with Gasteiger partial charge in [-0.2, -0.15) is 5.10 Å². The van der Waals surface area contributed by atoms with Gasteiger partial charge < -0.3 is 4.74 Å². The standard InChI is InChI=1S/C20H21N3O2/c1-20(2,3)23-14-17(13-22-23)19(24)25-18(15-7-5-4-6-8-15)16-9-11-21-12-10-16/h4-14,18H,1-3H3. The van der Waals surface area contributed by atoms with Crippen LogP contribution >= 0.6 is 0 Å². The van der Waals surface area contributed by atoms with Crippen molar-refractivity contribution in [2.45, 2.75) is 32.4 Å². The van der Waals surface area contributed by atoms with Gasteiger partial charge in [-0.3, -0.25) is 9.67 Å². The Morgan fingerprint density at radius 1 is 1.04 bits per heavy atom. The topological polar surface area (TPSA) is 57.0 Å². The Balaban J connectivity index is 1.88. The van der Waals surface area contributed by atoms with E-state index in [4.69, 9.17) is 4.74 Å². The second kappa shape index (κ2) is 6.89. The third-order valence-electron chi connectivity index (χ3n) is 3.84. The SMILES string of the molecule is CC(C)(C)n1cc(C(=O)OC(c2ccccc2)c2ccncc2)cn1. The normalized spacial score (nSPS) is 12.6. The number of rotatable bonds is 4. The van der Waals surface area contributed by atoms with Crippen LogP contribution < -0.4 is 0 Å². The lowest BCUT2D eigenvalue weighted by atomic mass is 10.0. The lowest BCUT2D eigenvalue weighted by molar-refractivity contribution is 0.0377. The lowest BCUT2D eigenvalue weighted by Crippen LogP contribution is -2.22. The van der Waals surface area contributed by atoms with Crippen molar-refractivity contribution in [3.63, 3.8) is 0 Å². The van der Waals surface area contributed by atoms with E-state index in [0.29, 0.717) is 5.56 Å². The van der Waals surface area contributed by atoms with Crippen LogP contribution in [-0.4, -0.2) is 20.7 Å². The monoisotopic (exact) mass is 335 g/mol. The first kappa shape index (κ1) is 16.9. The van der Waals surface area contributed by atoms with E-state index in [9.17, 15) is 4.79 Å². The Morgan fingerprint density at radius 2 is 1.68 bits per heavy atom. The molecular formula is C20H21N3O2. The van der Waals surface area contributed by atoms with Crippen LogP contribution in [0, 0.1) is 0 Å². The van der Waals surface area contributed by atoms with Gasteiger partial charge >= 0.3 is 5.97 Å². The molecule has 0 saturated heterocycles. The van der Waals surface area contributed by atoms with Gasteiger partial charge in [0.15, 0.2) is 6.10 Å². The molecule has 0 radical (unpaired) electrons. The number of hydrogen-bond acceptors (Lipinski definition) is 4. The van der Waals surface area contributed by atoms with E-state index >= 15 is 0 Å². The molecule has 25 heavy (non-hydrogen) atoms. The van der Waals surface area contributed by atoms with E-state index in [1.807, 2.05) is 63.2 Å². The lowest BCUT2D eigenvalue weighted by Gasteiger charge is -2.19. The summed E-state index contributed by atoms with van der Waals surface area (Å²) in [5, 5.41) is 4.27. The van der Waals surface area contributed by atoms with Crippen molar-refractivity contribution < 1.29 is 9.53 Å². The summed E-state index contributed by atoms with van der Waals surface area (Å²) < 4.78 is 7.57. The van der Waals surface area contributed by atoms with Crippen LogP contribution in [0.25, 0.3) is 0 Å². The highest BCUT2D eigenvalue weighted by Gasteiger charge is 2.22. The molecule has 1 unspecified atom stereocenters. The third kappa shape index (κ3) is 3.94. The fourth-order valence-electron chi connectivity index (χ4n) is 2.46. The molecule has 0 aliphatic carbocycles. The fraction of sp³-hybridized carbons (Fsp3) is 0.250. The summed E-state index contributed by atoms with van der Waals surface area (Å²) >= 11 is 0. The number of pyridine rings is 1. The number of aromatic nitrogens is 3. The molecule has 0 spiro atoms. The first-order valence-corrected chi connectivity index (χ1v) is 8.16. The minimum Gasteiger partial charge on any atom is -0.449 e. The second-order valence-electron chi connectivity index (χ2n) is 6.82. The van der Waals surface area contributed by atoms with E-state index in [2.05, 4.69) is 10.1 Å². The summed E-state index contributed by atoms with van der Waals surface area (Å²) in [4.78, 5) is 16.7. The Hall–Kier alpha value is -2.95. The molecule has 1 atom stereocenters. The first-order chi connectivity index (χ1) is 11.9. The Kier molecular flexibility index (Phi) is 4.65. The van der Waals surface area contributed by atoms with Crippen LogP contribution in [0.15, 0.2) is 67.3 Å². The molecule has 0 saturated carbocycles. The zero-order valence-electron chi connectivity index (χ0n) is 14.6. The van der Waals surface area contributed by atoms with Crippen LogP contribution in [0.1, 0.15) is 48.4 Å². The number of carbonyl (C=O) groups is 1. The molecule has 1 aromatic carbocycles. The van der Waals surface area contributed by atoms with E-state index in [-0.39, 0.29) is 5.54 Å². The molecule has 0 fully saturated rings. The summed E-state index contributed by atoms with van der Waals surface area (Å²) in [5.74, 6) is -0.402. The summed E-state index contributed by atoms with van der Waals surface area (Å²) in [7, 11) is 0. The van der Waals surface area contributed by atoms with Crippen molar-refractivity contribution in [2.24, 2.45) is 0 Å². The van der Waals surface area contributed by atoms with Gasteiger partial charge in [-0.1, -0.05) is 30.3 Å².